The molecule has 0 saturated heterocycles. The molecule has 0 amide bonds. The number of carbonyl (C=O) groups is 1. The average molecular weight is 304 g/mol. The molecular formula is C20H32O2. The topological polar surface area (TPSA) is 37.3 Å². The van der Waals surface area contributed by atoms with Gasteiger partial charge in [-0.1, -0.05) is 39.0 Å². The minimum absolute atomic E-state index is 0.129. The number of carbonyl (C=O) groups excluding carboxylic acids is 1. The molecule has 0 bridgehead atoms. The Labute approximate surface area is 135 Å². The van der Waals surface area contributed by atoms with Gasteiger partial charge in [0, 0.05) is 11.8 Å². The summed E-state index contributed by atoms with van der Waals surface area (Å²) in [6.07, 6.45) is 6.99. The Balaban J connectivity index is 2.27. The first-order valence-corrected chi connectivity index (χ1v) is 8.61. The monoisotopic (exact) mass is 304 g/mol. The Hall–Kier alpha value is -0.890. The molecule has 0 spiro atoms. The summed E-state index contributed by atoms with van der Waals surface area (Å²) in [5.74, 6) is 1.23. The third-order valence-corrected chi connectivity index (χ3v) is 6.70. The highest BCUT2D eigenvalue weighted by Crippen LogP contribution is 2.60. The zero-order valence-corrected chi connectivity index (χ0v) is 14.7. The van der Waals surface area contributed by atoms with Crippen molar-refractivity contribution >= 4 is 5.78 Å². The standard InChI is InChI=1S/C20H32O2/c1-7-19(5,22)12-10-15-14(2)8-9-16-18(3,4)17(21)11-13-20(15,16)6/h7,15-16,22H,1-2,8-13H2,3-6H3/t15-,16-,19-,20+/m0/s1. The van der Waals surface area contributed by atoms with Gasteiger partial charge in [-0.05, 0) is 56.3 Å². The van der Waals surface area contributed by atoms with Crippen LogP contribution >= 0.6 is 0 Å². The van der Waals surface area contributed by atoms with Crippen LogP contribution in [0.1, 0.15) is 66.2 Å². The van der Waals surface area contributed by atoms with Crippen molar-refractivity contribution in [1.29, 1.82) is 0 Å². The Bertz CT molecular complexity index is 486. The van der Waals surface area contributed by atoms with Crippen LogP contribution in [-0.2, 0) is 4.79 Å². The van der Waals surface area contributed by atoms with Gasteiger partial charge < -0.3 is 5.11 Å². The van der Waals surface area contributed by atoms with Crippen molar-refractivity contribution in [2.45, 2.75) is 71.8 Å². The third-order valence-electron chi connectivity index (χ3n) is 6.70. The minimum Gasteiger partial charge on any atom is -0.386 e. The van der Waals surface area contributed by atoms with E-state index in [9.17, 15) is 9.90 Å². The predicted molar refractivity (Wildman–Crippen MR) is 91.5 cm³/mol. The summed E-state index contributed by atoms with van der Waals surface area (Å²) < 4.78 is 0. The van der Waals surface area contributed by atoms with E-state index < -0.39 is 5.60 Å². The van der Waals surface area contributed by atoms with E-state index in [2.05, 4.69) is 33.9 Å². The van der Waals surface area contributed by atoms with Crippen LogP contribution in [0.5, 0.6) is 0 Å². The second-order valence-electron chi connectivity index (χ2n) is 8.55. The van der Waals surface area contributed by atoms with Crippen LogP contribution in [0.15, 0.2) is 24.8 Å². The average Bonchev–Trinajstić information content (AvgIpc) is 2.42. The van der Waals surface area contributed by atoms with Crippen LogP contribution in [0.4, 0.5) is 0 Å². The molecule has 2 aliphatic rings. The van der Waals surface area contributed by atoms with Crippen LogP contribution in [0.25, 0.3) is 0 Å². The number of rotatable bonds is 4. The first-order valence-electron chi connectivity index (χ1n) is 8.61. The lowest BCUT2D eigenvalue weighted by Gasteiger charge is -2.57. The highest BCUT2D eigenvalue weighted by molar-refractivity contribution is 5.85. The molecule has 2 rings (SSSR count). The Morgan fingerprint density at radius 2 is 2.00 bits per heavy atom. The fraction of sp³-hybridized carbons (Fsp3) is 0.750. The van der Waals surface area contributed by atoms with Gasteiger partial charge in [0.2, 0.25) is 0 Å². The largest absolute Gasteiger partial charge is 0.386 e. The second kappa shape index (κ2) is 5.63. The molecule has 2 fully saturated rings. The molecule has 0 unspecified atom stereocenters. The minimum atomic E-state index is -0.816. The van der Waals surface area contributed by atoms with Gasteiger partial charge in [0.1, 0.15) is 5.78 Å². The van der Waals surface area contributed by atoms with Crippen LogP contribution in [-0.4, -0.2) is 16.5 Å². The molecule has 124 valence electrons. The molecule has 0 aliphatic heterocycles. The van der Waals surface area contributed by atoms with Gasteiger partial charge in [0.15, 0.2) is 0 Å². The quantitative estimate of drug-likeness (QED) is 0.766. The lowest BCUT2D eigenvalue weighted by atomic mass is 9.46. The van der Waals surface area contributed by atoms with E-state index in [0.29, 0.717) is 30.5 Å². The molecule has 4 atom stereocenters. The Kier molecular flexibility index (Phi) is 4.47. The van der Waals surface area contributed by atoms with Crippen LogP contribution < -0.4 is 0 Å². The molecular weight excluding hydrogens is 272 g/mol. The van der Waals surface area contributed by atoms with Crippen molar-refractivity contribution in [3.63, 3.8) is 0 Å². The summed E-state index contributed by atoms with van der Waals surface area (Å²) in [5.41, 5.74) is 0.393. The molecule has 0 radical (unpaired) electrons. The van der Waals surface area contributed by atoms with Gasteiger partial charge >= 0.3 is 0 Å². The van der Waals surface area contributed by atoms with E-state index in [1.165, 1.54) is 5.57 Å². The number of hydrogen-bond acceptors (Lipinski definition) is 2. The molecule has 0 aromatic carbocycles. The van der Waals surface area contributed by atoms with E-state index in [1.807, 2.05) is 6.92 Å². The van der Waals surface area contributed by atoms with E-state index in [1.54, 1.807) is 6.08 Å². The first kappa shape index (κ1) is 17.5. The molecule has 2 nitrogen and oxygen atoms in total. The third kappa shape index (κ3) is 2.82. The van der Waals surface area contributed by atoms with Gasteiger partial charge in [-0.2, -0.15) is 0 Å². The molecule has 2 heteroatoms. The van der Waals surface area contributed by atoms with E-state index in [-0.39, 0.29) is 10.8 Å². The number of hydrogen-bond donors (Lipinski definition) is 1. The molecule has 22 heavy (non-hydrogen) atoms. The predicted octanol–water partition coefficient (Wildman–Crippen LogP) is 4.68. The van der Waals surface area contributed by atoms with Crippen molar-refractivity contribution in [2.24, 2.45) is 22.7 Å². The Morgan fingerprint density at radius 3 is 2.59 bits per heavy atom. The summed E-state index contributed by atoms with van der Waals surface area (Å²) in [5, 5.41) is 10.3. The lowest BCUT2D eigenvalue weighted by Crippen LogP contribution is -2.53. The highest BCUT2D eigenvalue weighted by atomic mass is 16.3. The smallest absolute Gasteiger partial charge is 0.138 e. The summed E-state index contributed by atoms with van der Waals surface area (Å²) in [6.45, 7) is 16.5. The number of ketones is 1. The number of allylic oxidation sites excluding steroid dienone is 1. The SMILES string of the molecule is C=C[C@](C)(O)CC[C@H]1C(=C)CC[C@H]2C(C)(C)C(=O)CC[C@]12C. The molecule has 1 N–H and O–H groups in total. The van der Waals surface area contributed by atoms with Crippen molar-refractivity contribution < 1.29 is 9.90 Å². The molecule has 2 aliphatic carbocycles. The summed E-state index contributed by atoms with van der Waals surface area (Å²) in [6, 6.07) is 0. The second-order valence-corrected chi connectivity index (χ2v) is 8.55. The van der Waals surface area contributed by atoms with Gasteiger partial charge in [0.05, 0.1) is 5.60 Å². The van der Waals surface area contributed by atoms with Crippen molar-refractivity contribution in [3.8, 4) is 0 Å². The summed E-state index contributed by atoms with van der Waals surface area (Å²) >= 11 is 0. The summed E-state index contributed by atoms with van der Waals surface area (Å²) in [7, 11) is 0. The maximum absolute atomic E-state index is 12.4. The van der Waals surface area contributed by atoms with Gasteiger partial charge in [-0.3, -0.25) is 4.79 Å². The lowest BCUT2D eigenvalue weighted by molar-refractivity contribution is -0.145. The fourth-order valence-corrected chi connectivity index (χ4v) is 5.05. The summed E-state index contributed by atoms with van der Waals surface area (Å²) in [4.78, 5) is 12.4. The fourth-order valence-electron chi connectivity index (χ4n) is 5.05. The van der Waals surface area contributed by atoms with E-state index in [0.717, 1.165) is 25.7 Å². The molecule has 0 aromatic rings. The molecule has 0 heterocycles. The normalized spacial score (nSPS) is 37.3. The van der Waals surface area contributed by atoms with Crippen molar-refractivity contribution in [3.05, 3.63) is 24.8 Å². The number of Topliss-reactive ketones (excluding diaryl/α,β-unsaturated/α-hetero) is 1. The van der Waals surface area contributed by atoms with E-state index in [4.69, 9.17) is 0 Å². The van der Waals surface area contributed by atoms with Gasteiger partial charge in [-0.25, -0.2) is 0 Å². The number of fused-ring (bicyclic) bond motifs is 1. The van der Waals surface area contributed by atoms with Gasteiger partial charge in [0.25, 0.3) is 0 Å². The van der Waals surface area contributed by atoms with Crippen LogP contribution in [0.2, 0.25) is 0 Å². The molecule has 2 saturated carbocycles. The maximum Gasteiger partial charge on any atom is 0.138 e. The van der Waals surface area contributed by atoms with Crippen molar-refractivity contribution in [1.82, 2.24) is 0 Å². The van der Waals surface area contributed by atoms with Crippen LogP contribution in [0.3, 0.4) is 0 Å². The maximum atomic E-state index is 12.4. The Morgan fingerprint density at radius 1 is 1.36 bits per heavy atom. The van der Waals surface area contributed by atoms with E-state index >= 15 is 0 Å². The zero-order valence-electron chi connectivity index (χ0n) is 14.7. The number of aliphatic hydroxyl groups is 1. The van der Waals surface area contributed by atoms with Crippen molar-refractivity contribution in [2.75, 3.05) is 0 Å². The van der Waals surface area contributed by atoms with Gasteiger partial charge in [-0.15, -0.1) is 6.58 Å². The zero-order chi connectivity index (χ0) is 16.8. The van der Waals surface area contributed by atoms with Crippen LogP contribution in [0, 0.1) is 22.7 Å². The first-order chi connectivity index (χ1) is 10.0. The highest BCUT2D eigenvalue weighted by Gasteiger charge is 2.55. The molecule has 0 aromatic heterocycles.